The van der Waals surface area contributed by atoms with Gasteiger partial charge in [0.05, 0.1) is 0 Å². The standard InChI is InChI=1S/C10H14N2.2C2H4O2.Zn/c1-3-7-11-9(5-1)10-6-2-4-8-12-10;2*1-2(3)4;/h1,3,5,10H,2,4,6-8H2;2*1H3,(H,3,4);/q-2;;;+2. The van der Waals surface area contributed by atoms with E-state index in [-0.39, 0.29) is 19.5 Å². The van der Waals surface area contributed by atoms with Crippen LogP contribution in [0.3, 0.4) is 0 Å². The van der Waals surface area contributed by atoms with Crippen molar-refractivity contribution >= 4 is 11.9 Å². The fraction of sp³-hybridized carbons (Fsp3) is 0.571. The zero-order valence-electron chi connectivity index (χ0n) is 12.7. The minimum absolute atomic E-state index is 0. The number of carboxylic acid groups (broad SMARTS) is 2. The largest absolute Gasteiger partial charge is 2.00 e. The van der Waals surface area contributed by atoms with Crippen LogP contribution >= 0.6 is 0 Å². The molecule has 1 atom stereocenters. The summed E-state index contributed by atoms with van der Waals surface area (Å²) >= 11 is 0. The van der Waals surface area contributed by atoms with Crippen LogP contribution in [-0.2, 0) is 29.1 Å². The van der Waals surface area contributed by atoms with Gasteiger partial charge in [-0.2, -0.15) is 5.70 Å². The van der Waals surface area contributed by atoms with Gasteiger partial charge in [0.15, 0.2) is 0 Å². The van der Waals surface area contributed by atoms with E-state index in [1.54, 1.807) is 0 Å². The molecule has 0 aromatic carbocycles. The third-order valence-electron chi connectivity index (χ3n) is 2.36. The van der Waals surface area contributed by atoms with Crippen LogP contribution in [-0.4, -0.2) is 41.3 Å². The molecule has 0 aromatic heterocycles. The molecule has 1 fully saturated rings. The van der Waals surface area contributed by atoms with Gasteiger partial charge < -0.3 is 20.8 Å². The molecule has 0 spiro atoms. The number of nitrogens with zero attached hydrogens (tertiary/aromatic N) is 2. The second-order valence-corrected chi connectivity index (χ2v) is 4.32. The van der Waals surface area contributed by atoms with Crippen molar-refractivity contribution in [2.45, 2.75) is 39.2 Å². The molecule has 7 heteroatoms. The first-order valence-corrected chi connectivity index (χ1v) is 6.53. The molecule has 1 saturated heterocycles. The van der Waals surface area contributed by atoms with Gasteiger partial charge in [0.1, 0.15) is 0 Å². The Morgan fingerprint density at radius 2 is 1.76 bits per heavy atom. The van der Waals surface area contributed by atoms with Gasteiger partial charge in [0, 0.05) is 13.8 Å². The molecular formula is C14H22N2O4Zn. The number of carbonyl (C=O) groups is 2. The van der Waals surface area contributed by atoms with Gasteiger partial charge in [-0.15, -0.1) is 25.2 Å². The Bertz CT molecular complexity index is 344. The van der Waals surface area contributed by atoms with Crippen molar-refractivity contribution in [1.29, 1.82) is 0 Å². The molecule has 2 aliphatic rings. The number of rotatable bonds is 1. The maximum absolute atomic E-state index is 9.00. The fourth-order valence-electron chi connectivity index (χ4n) is 1.68. The minimum Gasteiger partial charge on any atom is -0.686 e. The molecule has 0 aromatic rings. The van der Waals surface area contributed by atoms with Crippen molar-refractivity contribution < 1.29 is 39.3 Å². The van der Waals surface area contributed by atoms with Gasteiger partial charge in [-0.3, -0.25) is 9.59 Å². The molecular weight excluding hydrogens is 326 g/mol. The van der Waals surface area contributed by atoms with Crippen LogP contribution in [0.25, 0.3) is 10.6 Å². The summed E-state index contributed by atoms with van der Waals surface area (Å²) in [7, 11) is 0. The predicted molar refractivity (Wildman–Crippen MR) is 77.9 cm³/mol. The summed E-state index contributed by atoms with van der Waals surface area (Å²) in [5.41, 5.74) is 1.19. The zero-order valence-corrected chi connectivity index (χ0v) is 15.6. The normalized spacial score (nSPS) is 19.1. The van der Waals surface area contributed by atoms with Crippen molar-refractivity contribution in [1.82, 2.24) is 0 Å². The zero-order chi connectivity index (χ0) is 15.4. The fourth-order valence-corrected chi connectivity index (χ4v) is 1.68. The molecule has 1 unspecified atom stereocenters. The number of piperidine rings is 1. The Morgan fingerprint density at radius 3 is 2.14 bits per heavy atom. The van der Waals surface area contributed by atoms with Gasteiger partial charge in [-0.05, 0) is 0 Å². The third kappa shape index (κ3) is 15.0. The Hall–Kier alpha value is -1.20. The maximum Gasteiger partial charge on any atom is 2.00 e. The molecule has 114 valence electrons. The smallest absolute Gasteiger partial charge is 0.686 e. The van der Waals surface area contributed by atoms with E-state index in [0.29, 0.717) is 6.04 Å². The number of hydrogen-bond donors (Lipinski definition) is 2. The number of hydrogen-bond acceptors (Lipinski definition) is 2. The van der Waals surface area contributed by atoms with E-state index in [0.717, 1.165) is 26.9 Å². The summed E-state index contributed by atoms with van der Waals surface area (Å²) in [5, 5.41) is 23.8. The average molecular weight is 348 g/mol. The van der Waals surface area contributed by atoms with Crippen molar-refractivity contribution in [2.24, 2.45) is 0 Å². The summed E-state index contributed by atoms with van der Waals surface area (Å²) < 4.78 is 0. The molecule has 2 heterocycles. The van der Waals surface area contributed by atoms with Crippen molar-refractivity contribution in [2.75, 3.05) is 13.1 Å². The van der Waals surface area contributed by atoms with E-state index in [9.17, 15) is 0 Å². The number of aliphatic carboxylic acids is 2. The third-order valence-corrected chi connectivity index (χ3v) is 2.36. The van der Waals surface area contributed by atoms with Crippen LogP contribution < -0.4 is 0 Å². The topological polar surface area (TPSA) is 103 Å². The van der Waals surface area contributed by atoms with E-state index in [1.807, 2.05) is 0 Å². The van der Waals surface area contributed by atoms with Crippen molar-refractivity contribution in [3.8, 4) is 0 Å². The Labute approximate surface area is 138 Å². The predicted octanol–water partition coefficient (Wildman–Crippen LogP) is 2.92. The van der Waals surface area contributed by atoms with E-state index in [1.165, 1.54) is 25.0 Å². The molecule has 6 nitrogen and oxygen atoms in total. The van der Waals surface area contributed by atoms with Crippen LogP contribution in [0.15, 0.2) is 23.9 Å². The second kappa shape index (κ2) is 13.8. The van der Waals surface area contributed by atoms with Crippen molar-refractivity contribution in [3.05, 3.63) is 34.6 Å². The molecule has 0 radical (unpaired) electrons. The van der Waals surface area contributed by atoms with E-state index in [2.05, 4.69) is 28.9 Å². The van der Waals surface area contributed by atoms with Crippen LogP contribution in [0.5, 0.6) is 0 Å². The molecule has 2 N–H and O–H groups in total. The van der Waals surface area contributed by atoms with E-state index < -0.39 is 11.9 Å². The quantitative estimate of drug-likeness (QED) is 0.712. The first-order chi connectivity index (χ1) is 9.43. The molecule has 0 bridgehead atoms. The van der Waals surface area contributed by atoms with Gasteiger partial charge in [-0.25, -0.2) is 0 Å². The molecule has 0 saturated carbocycles. The van der Waals surface area contributed by atoms with Crippen LogP contribution in [0.1, 0.15) is 33.1 Å². The number of carboxylic acids is 2. The Kier molecular flexibility index (Phi) is 14.5. The SMILES string of the molecule is C1=CC[N-]C(C2CCCC[N-]2)=C1.CC(=O)O.CC(=O)O.[Zn+2]. The Balaban J connectivity index is 0. The molecule has 21 heavy (non-hydrogen) atoms. The summed E-state index contributed by atoms with van der Waals surface area (Å²) in [4.78, 5) is 18.0. The average Bonchev–Trinajstić information content (AvgIpc) is 2.39. The molecule has 0 amide bonds. The first-order valence-electron chi connectivity index (χ1n) is 6.53. The Morgan fingerprint density at radius 1 is 1.19 bits per heavy atom. The van der Waals surface area contributed by atoms with Crippen LogP contribution in [0.4, 0.5) is 0 Å². The molecule has 2 rings (SSSR count). The number of allylic oxidation sites excluding steroid dienone is 2. The van der Waals surface area contributed by atoms with Gasteiger partial charge in [0.25, 0.3) is 11.9 Å². The maximum atomic E-state index is 9.00. The van der Waals surface area contributed by atoms with Crippen molar-refractivity contribution in [3.63, 3.8) is 0 Å². The monoisotopic (exact) mass is 346 g/mol. The summed E-state index contributed by atoms with van der Waals surface area (Å²) in [6.07, 6.45) is 10.0. The van der Waals surface area contributed by atoms with Gasteiger partial charge >= 0.3 is 19.5 Å². The molecule has 0 aliphatic carbocycles. The second-order valence-electron chi connectivity index (χ2n) is 4.32. The summed E-state index contributed by atoms with van der Waals surface area (Å²) in [6, 6.07) is 0.406. The van der Waals surface area contributed by atoms with Gasteiger partial charge in [-0.1, -0.05) is 31.4 Å². The summed E-state index contributed by atoms with van der Waals surface area (Å²) in [5.74, 6) is -1.67. The summed E-state index contributed by atoms with van der Waals surface area (Å²) in [6.45, 7) is 4.04. The van der Waals surface area contributed by atoms with E-state index in [4.69, 9.17) is 19.8 Å². The van der Waals surface area contributed by atoms with E-state index >= 15 is 0 Å². The minimum atomic E-state index is -0.833. The first kappa shape index (κ1) is 22.1. The molecule has 2 aliphatic heterocycles. The van der Waals surface area contributed by atoms with Gasteiger partial charge in [0.2, 0.25) is 0 Å². The van der Waals surface area contributed by atoms with Crippen LogP contribution in [0.2, 0.25) is 0 Å². The van der Waals surface area contributed by atoms with Crippen LogP contribution in [0, 0.1) is 0 Å².